The summed E-state index contributed by atoms with van der Waals surface area (Å²) in [6, 6.07) is 6.30. The van der Waals surface area contributed by atoms with E-state index in [1.54, 1.807) is 12.1 Å². The summed E-state index contributed by atoms with van der Waals surface area (Å²) in [7, 11) is 12.1. The van der Waals surface area contributed by atoms with Gasteiger partial charge in [0.25, 0.3) is 0 Å². The molecule has 0 bridgehead atoms. The second-order valence-electron chi connectivity index (χ2n) is 2.56. The summed E-state index contributed by atoms with van der Waals surface area (Å²) >= 11 is 5.76. The van der Waals surface area contributed by atoms with Crippen molar-refractivity contribution in [3.8, 4) is 0 Å². The Kier molecular flexibility index (Phi) is 3.46. The van der Waals surface area contributed by atoms with E-state index in [9.17, 15) is 4.79 Å². The molecule has 0 atom stereocenters. The molecule has 0 aromatic heterocycles. The number of rotatable bonds is 2. The number of halogens is 4. The number of carbonyl (C=O) groups excluding carboxylic acids is 1. The molecule has 1 aromatic rings. The van der Waals surface area contributed by atoms with E-state index in [0.29, 0.717) is 0 Å². The molecule has 0 saturated heterocycles. The molecule has 0 radical (unpaired) electrons. The normalized spacial score (nSPS) is 14.5. The zero-order valence-electron chi connectivity index (χ0n) is 6.72. The SMILES string of the molecule is [NH2][Cr]([Cl])([Cl])([Cl])[C](=O)c1ccccc1Cl. The zero-order valence-corrected chi connectivity index (χ0v) is 11.0. The molecule has 2 N–H and O–H groups in total. The van der Waals surface area contributed by atoms with Gasteiger partial charge in [-0.05, 0) is 0 Å². The van der Waals surface area contributed by atoms with Gasteiger partial charge in [0, 0.05) is 0 Å². The summed E-state index contributed by atoms with van der Waals surface area (Å²) in [6.07, 6.45) is 0. The monoisotopic (exact) mass is 312 g/mol. The number of carbonyl (C=O) groups is 1. The molecule has 0 amide bonds. The van der Waals surface area contributed by atoms with Gasteiger partial charge >= 0.3 is 100 Å². The van der Waals surface area contributed by atoms with Crippen molar-refractivity contribution in [2.45, 2.75) is 0 Å². The van der Waals surface area contributed by atoms with E-state index in [4.69, 9.17) is 46.5 Å². The fourth-order valence-electron chi connectivity index (χ4n) is 0.815. The summed E-state index contributed by atoms with van der Waals surface area (Å²) in [5, 5.41) is 0.230. The molecular weight excluding hydrogens is 308 g/mol. The first-order valence-corrected chi connectivity index (χ1v) is 10.4. The van der Waals surface area contributed by atoms with Gasteiger partial charge in [0.2, 0.25) is 0 Å². The molecule has 1 rings (SSSR count). The van der Waals surface area contributed by atoms with Gasteiger partial charge in [0.15, 0.2) is 0 Å². The third-order valence-corrected chi connectivity index (χ3v) is 4.81. The number of benzene rings is 1. The molecule has 7 heteroatoms. The van der Waals surface area contributed by atoms with Gasteiger partial charge in [-0.1, -0.05) is 0 Å². The summed E-state index contributed by atoms with van der Waals surface area (Å²) in [4.78, 5) is 11.7. The van der Waals surface area contributed by atoms with Crippen molar-refractivity contribution in [3.63, 3.8) is 0 Å². The molecule has 0 unspecified atom stereocenters. The topological polar surface area (TPSA) is 43.1 Å². The minimum absolute atomic E-state index is 0.150. The Bertz CT molecular complexity index is 378. The predicted octanol–water partition coefficient (Wildman–Crippen LogP) is 3.50. The molecule has 0 saturated carbocycles. The second kappa shape index (κ2) is 3.84. The number of nitrogens with two attached hydrogens (primary N) is 1. The van der Waals surface area contributed by atoms with Crippen molar-refractivity contribution in [1.29, 1.82) is 0 Å². The third kappa shape index (κ3) is 3.01. The van der Waals surface area contributed by atoms with Crippen LogP contribution in [0.1, 0.15) is 10.4 Å². The van der Waals surface area contributed by atoms with Gasteiger partial charge in [-0.25, -0.2) is 0 Å². The molecular formula is C7H6Cl4CrNO. The molecule has 0 aliphatic rings. The Morgan fingerprint density at radius 2 is 1.71 bits per heavy atom. The summed E-state index contributed by atoms with van der Waals surface area (Å²) in [5.41, 5.74) is 0.150. The van der Waals surface area contributed by atoms with Crippen LogP contribution in [0.15, 0.2) is 24.3 Å². The minimum atomic E-state index is -4.70. The first-order valence-electron chi connectivity index (χ1n) is 3.37. The van der Waals surface area contributed by atoms with Crippen LogP contribution < -0.4 is 4.72 Å². The predicted molar refractivity (Wildman–Crippen MR) is 57.5 cm³/mol. The number of hydrogen-bond acceptors (Lipinski definition) is 2. The Hall–Kier alpha value is 0.542. The fourth-order valence-corrected chi connectivity index (χ4v) is 3.02. The standard InChI is InChI=1S/C7H4ClO.3ClH.Cr.H2N/c8-7-4-2-1-3-6(7)5-9;;;;;/h1-4H;3*1H;;1H2/q;;;;+4;-1/p-3. The Morgan fingerprint density at radius 3 is 2.14 bits per heavy atom. The molecule has 79 valence electrons. The summed E-state index contributed by atoms with van der Waals surface area (Å²) < 4.78 is 4.68. The van der Waals surface area contributed by atoms with Crippen LogP contribution in [-0.4, -0.2) is 4.65 Å². The Morgan fingerprint density at radius 1 is 1.21 bits per heavy atom. The van der Waals surface area contributed by atoms with Crippen molar-refractivity contribution in [1.82, 2.24) is 0 Å². The first kappa shape index (κ1) is 12.6. The van der Waals surface area contributed by atoms with Crippen LogP contribution in [-0.2, 0) is 9.46 Å². The van der Waals surface area contributed by atoms with Crippen LogP contribution in [0.3, 0.4) is 0 Å². The van der Waals surface area contributed by atoms with Crippen LogP contribution in [0, 0.1) is 0 Å². The average molecular weight is 314 g/mol. The van der Waals surface area contributed by atoms with E-state index >= 15 is 0 Å². The van der Waals surface area contributed by atoms with Crippen LogP contribution in [0.4, 0.5) is 0 Å². The van der Waals surface area contributed by atoms with E-state index in [0.717, 1.165) is 0 Å². The average Bonchev–Trinajstić information content (AvgIpc) is 2.01. The van der Waals surface area contributed by atoms with Crippen molar-refractivity contribution in [2.75, 3.05) is 0 Å². The molecule has 0 fully saturated rings. The maximum atomic E-state index is 11.7. The first-order chi connectivity index (χ1) is 6.18. The zero-order chi connectivity index (χ0) is 11.0. The van der Waals surface area contributed by atoms with E-state index in [2.05, 4.69) is 0 Å². The molecule has 0 heterocycles. The molecule has 2 nitrogen and oxygen atoms in total. The van der Waals surface area contributed by atoms with Gasteiger partial charge in [0.1, 0.15) is 0 Å². The molecule has 14 heavy (non-hydrogen) atoms. The molecule has 0 aliphatic heterocycles. The maximum absolute atomic E-state index is 11.7. The van der Waals surface area contributed by atoms with Crippen molar-refractivity contribution in [3.05, 3.63) is 34.9 Å². The Labute approximate surface area is 99.7 Å². The van der Waals surface area contributed by atoms with Crippen molar-refractivity contribution >= 4 is 46.4 Å². The number of hydrogen-bond donors (Lipinski definition) is 1. The van der Waals surface area contributed by atoms with E-state index in [-0.39, 0.29) is 10.6 Å². The molecule has 1 aromatic carbocycles. The summed E-state index contributed by atoms with van der Waals surface area (Å²) in [5.74, 6) is 0. The van der Waals surface area contributed by atoms with E-state index < -0.39 is 14.1 Å². The van der Waals surface area contributed by atoms with Gasteiger partial charge in [-0.2, -0.15) is 0 Å². The third-order valence-electron chi connectivity index (χ3n) is 1.41. The quantitative estimate of drug-likeness (QED) is 0.908. The van der Waals surface area contributed by atoms with E-state index in [1.165, 1.54) is 12.1 Å². The van der Waals surface area contributed by atoms with Gasteiger partial charge in [-0.15, -0.1) is 0 Å². The second-order valence-corrected chi connectivity index (χ2v) is 15.9. The van der Waals surface area contributed by atoms with Gasteiger partial charge in [0.05, 0.1) is 0 Å². The molecule has 0 spiro atoms. The van der Waals surface area contributed by atoms with Crippen LogP contribution in [0.2, 0.25) is 5.02 Å². The van der Waals surface area contributed by atoms with Gasteiger partial charge in [-0.3, -0.25) is 0 Å². The van der Waals surface area contributed by atoms with Crippen molar-refractivity contribution < 1.29 is 14.3 Å². The fraction of sp³-hybridized carbons (Fsp3) is 0. The van der Waals surface area contributed by atoms with Crippen LogP contribution >= 0.6 is 41.7 Å². The summed E-state index contributed by atoms with van der Waals surface area (Å²) in [6.45, 7) is 0. The van der Waals surface area contributed by atoms with Crippen LogP contribution in [0.5, 0.6) is 0 Å². The van der Waals surface area contributed by atoms with E-state index in [1.807, 2.05) is 0 Å². The van der Waals surface area contributed by atoms with Crippen molar-refractivity contribution in [2.24, 2.45) is 4.72 Å². The van der Waals surface area contributed by atoms with Gasteiger partial charge < -0.3 is 0 Å². The van der Waals surface area contributed by atoms with Crippen LogP contribution in [0.25, 0.3) is 0 Å². The Balaban J connectivity index is 3.22. The molecule has 0 aliphatic carbocycles.